The zero-order chi connectivity index (χ0) is 18.7. The van der Waals surface area contributed by atoms with Crippen molar-refractivity contribution < 1.29 is 18.4 Å². The first-order valence-electron chi connectivity index (χ1n) is 8.22. The van der Waals surface area contributed by atoms with Crippen molar-refractivity contribution in [1.82, 2.24) is 5.32 Å². The average Bonchev–Trinajstić information content (AvgIpc) is 2.97. The van der Waals surface area contributed by atoms with Gasteiger partial charge in [0.2, 0.25) is 11.8 Å². The van der Waals surface area contributed by atoms with Crippen LogP contribution in [-0.4, -0.2) is 18.4 Å². The van der Waals surface area contributed by atoms with Crippen LogP contribution >= 0.6 is 0 Å². The molecule has 0 saturated heterocycles. The number of hydrogen-bond acceptors (Lipinski definition) is 3. The molecule has 2 aromatic carbocycles. The van der Waals surface area contributed by atoms with Crippen LogP contribution in [0.4, 0.5) is 10.1 Å². The maximum absolute atomic E-state index is 12.8. The molecule has 0 aliphatic heterocycles. The van der Waals surface area contributed by atoms with Gasteiger partial charge >= 0.3 is 0 Å². The molecule has 0 spiro atoms. The van der Waals surface area contributed by atoms with Crippen LogP contribution in [0, 0.1) is 19.7 Å². The predicted octanol–water partition coefficient (Wildman–Crippen LogP) is 3.49. The Labute approximate surface area is 150 Å². The Balaban J connectivity index is 1.56. The molecule has 0 fully saturated rings. The fourth-order valence-electron chi connectivity index (χ4n) is 2.63. The highest BCUT2D eigenvalue weighted by Gasteiger charge is 2.12. The molecule has 0 atom stereocenters. The third kappa shape index (κ3) is 4.08. The highest BCUT2D eigenvalue weighted by atomic mass is 19.1. The largest absolute Gasteiger partial charge is 0.464 e. The third-order valence-electron chi connectivity index (χ3n) is 4.20. The highest BCUT2D eigenvalue weighted by molar-refractivity contribution is 5.95. The van der Waals surface area contributed by atoms with E-state index in [0.29, 0.717) is 5.69 Å². The van der Waals surface area contributed by atoms with E-state index < -0.39 is 0 Å². The molecule has 2 N–H and O–H groups in total. The summed E-state index contributed by atoms with van der Waals surface area (Å²) >= 11 is 0. The molecule has 26 heavy (non-hydrogen) atoms. The van der Waals surface area contributed by atoms with E-state index >= 15 is 0 Å². The minimum absolute atomic E-state index is 0.124. The first kappa shape index (κ1) is 17.7. The number of furan rings is 1. The van der Waals surface area contributed by atoms with E-state index in [-0.39, 0.29) is 30.6 Å². The summed E-state index contributed by atoms with van der Waals surface area (Å²) in [5, 5.41) is 6.07. The number of anilines is 1. The summed E-state index contributed by atoms with van der Waals surface area (Å²) in [5.41, 5.74) is 4.24. The summed E-state index contributed by atoms with van der Waals surface area (Å²) in [7, 11) is 0. The molecule has 1 heterocycles. The van der Waals surface area contributed by atoms with Gasteiger partial charge in [0.05, 0.1) is 19.2 Å². The van der Waals surface area contributed by atoms with E-state index in [4.69, 9.17) is 4.42 Å². The lowest BCUT2D eigenvalue weighted by atomic mass is 10.0. The molecule has 0 aliphatic rings. The Kier molecular flexibility index (Phi) is 5.02. The summed E-state index contributed by atoms with van der Waals surface area (Å²) in [6.07, 6.45) is 1.70. The van der Waals surface area contributed by atoms with Gasteiger partial charge in [-0.2, -0.15) is 0 Å². The Bertz CT molecular complexity index is 961. The molecule has 3 rings (SSSR count). The second-order valence-electron chi connectivity index (χ2n) is 6.20. The quantitative estimate of drug-likeness (QED) is 0.737. The van der Waals surface area contributed by atoms with Gasteiger partial charge in [-0.15, -0.1) is 0 Å². The predicted molar refractivity (Wildman–Crippen MR) is 97.4 cm³/mol. The second kappa shape index (κ2) is 7.39. The van der Waals surface area contributed by atoms with Crippen LogP contribution in [-0.2, 0) is 16.0 Å². The van der Waals surface area contributed by atoms with Crippen molar-refractivity contribution in [3.63, 3.8) is 0 Å². The standard InChI is InChI=1S/C20H19FN2O3/c1-12-7-17-14(11-26-18(17)8-13(12)2)9-19(24)22-10-20(25)23-16-5-3-15(21)4-6-16/h3-8,11H,9-10H2,1-2H3,(H,22,24)(H,23,25). The van der Waals surface area contributed by atoms with Crippen LogP contribution in [0.15, 0.2) is 47.1 Å². The minimum Gasteiger partial charge on any atom is -0.464 e. The molecule has 0 radical (unpaired) electrons. The topological polar surface area (TPSA) is 71.3 Å². The van der Waals surface area contributed by atoms with E-state index in [0.717, 1.165) is 27.7 Å². The summed E-state index contributed by atoms with van der Waals surface area (Å²) < 4.78 is 18.3. The van der Waals surface area contributed by atoms with Gasteiger partial charge in [-0.05, 0) is 61.4 Å². The summed E-state index contributed by atoms with van der Waals surface area (Å²) in [5.74, 6) is -1.04. The molecule has 0 aliphatic carbocycles. The van der Waals surface area contributed by atoms with Gasteiger partial charge in [0, 0.05) is 16.6 Å². The number of fused-ring (bicyclic) bond motifs is 1. The maximum Gasteiger partial charge on any atom is 0.243 e. The molecular weight excluding hydrogens is 335 g/mol. The van der Waals surface area contributed by atoms with Gasteiger partial charge in [0.25, 0.3) is 0 Å². The lowest BCUT2D eigenvalue weighted by molar-refractivity contribution is -0.123. The van der Waals surface area contributed by atoms with Gasteiger partial charge in [0.1, 0.15) is 11.4 Å². The monoisotopic (exact) mass is 354 g/mol. The van der Waals surface area contributed by atoms with Gasteiger partial charge in [-0.1, -0.05) is 0 Å². The van der Waals surface area contributed by atoms with Crippen molar-refractivity contribution in [2.24, 2.45) is 0 Å². The Morgan fingerprint density at radius 3 is 2.46 bits per heavy atom. The van der Waals surface area contributed by atoms with Gasteiger partial charge in [-0.25, -0.2) is 4.39 Å². The van der Waals surface area contributed by atoms with Gasteiger partial charge < -0.3 is 15.1 Å². The van der Waals surface area contributed by atoms with Crippen LogP contribution in [0.2, 0.25) is 0 Å². The molecule has 3 aromatic rings. The minimum atomic E-state index is -0.381. The molecule has 0 bridgehead atoms. The summed E-state index contributed by atoms with van der Waals surface area (Å²) in [4.78, 5) is 24.0. The van der Waals surface area contributed by atoms with Crippen LogP contribution in [0.1, 0.15) is 16.7 Å². The molecule has 5 nitrogen and oxygen atoms in total. The number of halogens is 1. The molecule has 1 aromatic heterocycles. The number of nitrogens with one attached hydrogen (secondary N) is 2. The lowest BCUT2D eigenvalue weighted by Crippen LogP contribution is -2.33. The molecular formula is C20H19FN2O3. The first-order chi connectivity index (χ1) is 12.4. The van der Waals surface area contributed by atoms with Crippen LogP contribution < -0.4 is 10.6 Å². The van der Waals surface area contributed by atoms with E-state index in [1.54, 1.807) is 6.26 Å². The van der Waals surface area contributed by atoms with Crippen molar-refractivity contribution in [1.29, 1.82) is 0 Å². The maximum atomic E-state index is 12.8. The second-order valence-corrected chi connectivity index (χ2v) is 6.20. The van der Waals surface area contributed by atoms with E-state index in [2.05, 4.69) is 10.6 Å². The molecule has 6 heteroatoms. The molecule has 0 saturated carbocycles. The Morgan fingerprint density at radius 1 is 1.04 bits per heavy atom. The molecule has 0 unspecified atom stereocenters. The Hall–Kier alpha value is -3.15. The number of aryl methyl sites for hydroxylation is 2. The summed E-state index contributed by atoms with van der Waals surface area (Å²) in [6.45, 7) is 3.85. The smallest absolute Gasteiger partial charge is 0.243 e. The fraction of sp³-hybridized carbons (Fsp3) is 0.200. The first-order valence-corrected chi connectivity index (χ1v) is 8.22. The number of amides is 2. The van der Waals surface area contributed by atoms with Crippen LogP contribution in [0.25, 0.3) is 11.0 Å². The van der Waals surface area contributed by atoms with Crippen LogP contribution in [0.3, 0.4) is 0 Å². The van der Waals surface area contributed by atoms with E-state index in [1.165, 1.54) is 24.3 Å². The van der Waals surface area contributed by atoms with E-state index in [1.807, 2.05) is 26.0 Å². The van der Waals surface area contributed by atoms with Crippen molar-refractivity contribution in [2.75, 3.05) is 11.9 Å². The third-order valence-corrected chi connectivity index (χ3v) is 4.20. The number of rotatable bonds is 5. The zero-order valence-corrected chi connectivity index (χ0v) is 14.6. The van der Waals surface area contributed by atoms with Crippen molar-refractivity contribution in [2.45, 2.75) is 20.3 Å². The van der Waals surface area contributed by atoms with Crippen LogP contribution in [0.5, 0.6) is 0 Å². The lowest BCUT2D eigenvalue weighted by Gasteiger charge is -2.07. The number of hydrogen-bond donors (Lipinski definition) is 2. The number of carbonyl (C=O) groups is 2. The van der Waals surface area contributed by atoms with Gasteiger partial charge in [-0.3, -0.25) is 9.59 Å². The number of benzene rings is 2. The SMILES string of the molecule is Cc1cc2occ(CC(=O)NCC(=O)Nc3ccc(F)cc3)c2cc1C. The van der Waals surface area contributed by atoms with Crippen molar-refractivity contribution in [3.8, 4) is 0 Å². The zero-order valence-electron chi connectivity index (χ0n) is 14.6. The molecule has 134 valence electrons. The van der Waals surface area contributed by atoms with E-state index in [9.17, 15) is 14.0 Å². The van der Waals surface area contributed by atoms with Gasteiger partial charge in [0.15, 0.2) is 0 Å². The normalized spacial score (nSPS) is 10.7. The number of carbonyl (C=O) groups excluding carboxylic acids is 2. The fourth-order valence-corrected chi connectivity index (χ4v) is 2.63. The molecule has 2 amide bonds. The average molecular weight is 354 g/mol. The van der Waals surface area contributed by atoms with Crippen molar-refractivity contribution in [3.05, 3.63) is 65.2 Å². The summed E-state index contributed by atoms with van der Waals surface area (Å²) in [6, 6.07) is 9.36. The highest BCUT2D eigenvalue weighted by Crippen LogP contribution is 2.25. The Morgan fingerprint density at radius 2 is 1.73 bits per heavy atom. The van der Waals surface area contributed by atoms with Crippen molar-refractivity contribution >= 4 is 28.5 Å².